The lowest BCUT2D eigenvalue weighted by Crippen LogP contribution is -2.30. The lowest BCUT2D eigenvalue weighted by Gasteiger charge is -2.19. The number of aromatic nitrogens is 2. The van der Waals surface area contributed by atoms with E-state index in [0.29, 0.717) is 6.04 Å². The monoisotopic (exact) mass is 237 g/mol. The fourth-order valence-corrected chi connectivity index (χ4v) is 2.14. The summed E-state index contributed by atoms with van der Waals surface area (Å²) in [4.78, 5) is 0. The summed E-state index contributed by atoms with van der Waals surface area (Å²) < 4.78 is 2.03. The van der Waals surface area contributed by atoms with Crippen LogP contribution in [0, 0.1) is 5.92 Å². The summed E-state index contributed by atoms with van der Waals surface area (Å²) in [5, 5.41) is 7.93. The van der Waals surface area contributed by atoms with Gasteiger partial charge in [0.1, 0.15) is 0 Å². The van der Waals surface area contributed by atoms with Gasteiger partial charge in [-0.3, -0.25) is 4.68 Å². The van der Waals surface area contributed by atoms with Crippen molar-refractivity contribution in [2.45, 2.75) is 52.5 Å². The van der Waals surface area contributed by atoms with E-state index in [2.05, 4.69) is 44.3 Å². The van der Waals surface area contributed by atoms with Crippen LogP contribution in [-0.4, -0.2) is 22.9 Å². The van der Waals surface area contributed by atoms with E-state index in [9.17, 15) is 0 Å². The number of hydrogen-bond acceptors (Lipinski definition) is 2. The van der Waals surface area contributed by atoms with Gasteiger partial charge in [0.05, 0.1) is 5.69 Å². The largest absolute Gasteiger partial charge is 0.317 e. The molecule has 1 N–H and O–H groups in total. The van der Waals surface area contributed by atoms with Crippen molar-refractivity contribution in [2.24, 2.45) is 13.0 Å². The van der Waals surface area contributed by atoms with E-state index in [1.807, 2.05) is 11.7 Å². The first-order chi connectivity index (χ1) is 8.10. The van der Waals surface area contributed by atoms with Crippen LogP contribution in [0.4, 0.5) is 0 Å². The molecule has 0 aromatic carbocycles. The number of aryl methyl sites for hydroxylation is 2. The van der Waals surface area contributed by atoms with Crippen molar-refractivity contribution in [3.63, 3.8) is 0 Å². The standard InChI is InChI=1S/C14H27N3/c1-6-11(3)8-13(15-4)10-14-9-12(7-2)16-17(14)5/h9,11,13,15H,6-8,10H2,1-5H3. The van der Waals surface area contributed by atoms with Gasteiger partial charge in [-0.25, -0.2) is 0 Å². The molecular formula is C14H27N3. The molecule has 0 saturated carbocycles. The zero-order valence-corrected chi connectivity index (χ0v) is 12.0. The molecule has 0 aliphatic carbocycles. The van der Waals surface area contributed by atoms with E-state index in [0.717, 1.165) is 18.8 Å². The molecule has 0 radical (unpaired) electrons. The van der Waals surface area contributed by atoms with Crippen molar-refractivity contribution in [1.29, 1.82) is 0 Å². The molecular weight excluding hydrogens is 210 g/mol. The molecule has 98 valence electrons. The Morgan fingerprint density at radius 3 is 2.59 bits per heavy atom. The number of nitrogens with zero attached hydrogens (tertiary/aromatic N) is 2. The van der Waals surface area contributed by atoms with E-state index in [1.54, 1.807) is 0 Å². The highest BCUT2D eigenvalue weighted by Crippen LogP contribution is 2.14. The van der Waals surface area contributed by atoms with Crippen molar-refractivity contribution in [1.82, 2.24) is 15.1 Å². The average molecular weight is 237 g/mol. The minimum absolute atomic E-state index is 0.560. The van der Waals surface area contributed by atoms with Crippen LogP contribution in [-0.2, 0) is 19.9 Å². The zero-order valence-electron chi connectivity index (χ0n) is 12.0. The van der Waals surface area contributed by atoms with Crippen LogP contribution in [0.3, 0.4) is 0 Å². The zero-order chi connectivity index (χ0) is 12.8. The summed E-state index contributed by atoms with van der Waals surface area (Å²) in [6.45, 7) is 6.74. The molecule has 17 heavy (non-hydrogen) atoms. The molecule has 0 bridgehead atoms. The quantitative estimate of drug-likeness (QED) is 0.790. The van der Waals surface area contributed by atoms with Crippen LogP contribution in [0.25, 0.3) is 0 Å². The first-order valence-electron chi connectivity index (χ1n) is 6.79. The Morgan fingerprint density at radius 2 is 2.12 bits per heavy atom. The predicted molar refractivity (Wildman–Crippen MR) is 73.2 cm³/mol. The number of rotatable bonds is 7. The Labute approximate surface area is 106 Å². The van der Waals surface area contributed by atoms with Gasteiger partial charge < -0.3 is 5.32 Å². The second-order valence-corrected chi connectivity index (χ2v) is 5.04. The molecule has 0 saturated heterocycles. The Morgan fingerprint density at radius 1 is 1.41 bits per heavy atom. The summed E-state index contributed by atoms with van der Waals surface area (Å²) in [5.41, 5.74) is 2.53. The Bertz CT molecular complexity index is 330. The van der Waals surface area contributed by atoms with E-state index in [4.69, 9.17) is 0 Å². The molecule has 0 aliphatic heterocycles. The highest BCUT2D eigenvalue weighted by atomic mass is 15.3. The number of likely N-dealkylation sites (N-methyl/N-ethyl adjacent to an activating group) is 1. The van der Waals surface area contributed by atoms with Gasteiger partial charge in [-0.15, -0.1) is 0 Å². The van der Waals surface area contributed by atoms with Gasteiger partial charge in [0.2, 0.25) is 0 Å². The van der Waals surface area contributed by atoms with E-state index in [-0.39, 0.29) is 0 Å². The van der Waals surface area contributed by atoms with Crippen molar-refractivity contribution in [2.75, 3.05) is 7.05 Å². The van der Waals surface area contributed by atoms with Crippen molar-refractivity contribution < 1.29 is 0 Å². The van der Waals surface area contributed by atoms with Crippen LogP contribution in [0.5, 0.6) is 0 Å². The summed E-state index contributed by atoms with van der Waals surface area (Å²) in [6.07, 6.45) is 4.58. The molecule has 2 atom stereocenters. The smallest absolute Gasteiger partial charge is 0.0624 e. The van der Waals surface area contributed by atoms with Crippen LogP contribution in [0.2, 0.25) is 0 Å². The molecule has 1 aromatic rings. The van der Waals surface area contributed by atoms with Crippen LogP contribution < -0.4 is 5.32 Å². The Hall–Kier alpha value is -0.830. The Balaban J connectivity index is 2.63. The van der Waals surface area contributed by atoms with Gasteiger partial charge in [-0.1, -0.05) is 27.2 Å². The number of nitrogens with one attached hydrogen (secondary N) is 1. The minimum atomic E-state index is 0.560. The summed E-state index contributed by atoms with van der Waals surface area (Å²) in [5.74, 6) is 0.784. The molecule has 0 aliphatic rings. The lowest BCUT2D eigenvalue weighted by atomic mass is 9.96. The van der Waals surface area contributed by atoms with Gasteiger partial charge >= 0.3 is 0 Å². The van der Waals surface area contributed by atoms with Gasteiger partial charge in [-0.2, -0.15) is 5.10 Å². The molecule has 3 heteroatoms. The van der Waals surface area contributed by atoms with Gasteiger partial charge in [0, 0.05) is 25.2 Å². The highest BCUT2D eigenvalue weighted by molar-refractivity contribution is 5.11. The molecule has 3 nitrogen and oxygen atoms in total. The van der Waals surface area contributed by atoms with Gasteiger partial charge in [0.25, 0.3) is 0 Å². The Kier molecular flexibility index (Phi) is 5.69. The third-order valence-electron chi connectivity index (χ3n) is 3.64. The second-order valence-electron chi connectivity index (χ2n) is 5.04. The fraction of sp³-hybridized carbons (Fsp3) is 0.786. The fourth-order valence-electron chi connectivity index (χ4n) is 2.14. The van der Waals surface area contributed by atoms with Gasteiger partial charge in [-0.05, 0) is 31.9 Å². The number of hydrogen-bond donors (Lipinski definition) is 1. The van der Waals surface area contributed by atoms with Crippen LogP contribution in [0.1, 0.15) is 45.0 Å². The van der Waals surface area contributed by atoms with Crippen LogP contribution >= 0.6 is 0 Å². The van der Waals surface area contributed by atoms with Crippen molar-refractivity contribution in [3.05, 3.63) is 17.5 Å². The SMILES string of the molecule is CCc1cc(CC(CC(C)CC)NC)n(C)n1. The minimum Gasteiger partial charge on any atom is -0.317 e. The summed E-state index contributed by atoms with van der Waals surface area (Å²) >= 11 is 0. The maximum Gasteiger partial charge on any atom is 0.0624 e. The molecule has 2 unspecified atom stereocenters. The van der Waals surface area contributed by atoms with E-state index in [1.165, 1.54) is 24.2 Å². The van der Waals surface area contributed by atoms with Crippen molar-refractivity contribution >= 4 is 0 Å². The third kappa shape index (κ3) is 4.15. The topological polar surface area (TPSA) is 29.9 Å². The van der Waals surface area contributed by atoms with E-state index < -0.39 is 0 Å². The third-order valence-corrected chi connectivity index (χ3v) is 3.64. The molecule has 0 spiro atoms. The van der Waals surface area contributed by atoms with Crippen molar-refractivity contribution in [3.8, 4) is 0 Å². The normalized spacial score (nSPS) is 14.9. The van der Waals surface area contributed by atoms with Gasteiger partial charge in [0.15, 0.2) is 0 Å². The summed E-state index contributed by atoms with van der Waals surface area (Å²) in [7, 11) is 4.11. The predicted octanol–water partition coefficient (Wildman–Crippen LogP) is 2.55. The molecule has 1 rings (SSSR count). The maximum absolute atomic E-state index is 4.50. The first kappa shape index (κ1) is 14.2. The summed E-state index contributed by atoms with van der Waals surface area (Å²) in [6, 6.07) is 2.80. The van der Waals surface area contributed by atoms with E-state index >= 15 is 0 Å². The average Bonchev–Trinajstić information content (AvgIpc) is 2.69. The molecule has 0 amide bonds. The first-order valence-corrected chi connectivity index (χ1v) is 6.79. The molecule has 1 heterocycles. The maximum atomic E-state index is 4.50. The second kappa shape index (κ2) is 6.80. The molecule has 0 fully saturated rings. The highest BCUT2D eigenvalue weighted by Gasteiger charge is 2.13. The lowest BCUT2D eigenvalue weighted by molar-refractivity contribution is 0.404. The van der Waals surface area contributed by atoms with Crippen LogP contribution in [0.15, 0.2) is 6.07 Å². The molecule has 1 aromatic heterocycles.